The molecule has 0 atom stereocenters. The van der Waals surface area contributed by atoms with Gasteiger partial charge in [0.25, 0.3) is 5.91 Å². The summed E-state index contributed by atoms with van der Waals surface area (Å²) < 4.78 is 42.5. The van der Waals surface area contributed by atoms with E-state index in [-0.39, 0.29) is 11.7 Å². The normalized spacial score (nSPS) is 11.3. The van der Waals surface area contributed by atoms with Crippen LogP contribution in [0.3, 0.4) is 0 Å². The van der Waals surface area contributed by atoms with E-state index in [1.807, 2.05) is 6.92 Å². The molecule has 2 heterocycles. The summed E-state index contributed by atoms with van der Waals surface area (Å²) in [4.78, 5) is 15.5. The Labute approximate surface area is 137 Å². The molecule has 2 rings (SSSR count). The van der Waals surface area contributed by atoms with Crippen molar-refractivity contribution in [2.45, 2.75) is 25.9 Å². The van der Waals surface area contributed by atoms with Gasteiger partial charge >= 0.3 is 6.18 Å². The Morgan fingerprint density at radius 3 is 2.58 bits per heavy atom. The summed E-state index contributed by atoms with van der Waals surface area (Å²) in [5.41, 5.74) is -0.787. The number of halogens is 3. The van der Waals surface area contributed by atoms with Crippen LogP contribution in [0.1, 0.15) is 35.2 Å². The molecular weight excluding hydrogens is 323 g/mol. The maximum Gasteiger partial charge on any atom is 0.417 e. The van der Waals surface area contributed by atoms with Crippen LogP contribution in [0.2, 0.25) is 0 Å². The summed E-state index contributed by atoms with van der Waals surface area (Å²) in [7, 11) is 0. The number of hydrogen-bond donors (Lipinski definition) is 2. The molecule has 0 fully saturated rings. The number of hydrogen-bond acceptors (Lipinski definition) is 4. The summed E-state index contributed by atoms with van der Waals surface area (Å²) in [6, 6.07) is 5.63. The lowest BCUT2D eigenvalue weighted by atomic mass is 10.3. The molecule has 0 spiro atoms. The first kappa shape index (κ1) is 17.8. The number of aromatic nitrogens is 1. The monoisotopic (exact) mass is 341 g/mol. The third-order valence-electron chi connectivity index (χ3n) is 3.27. The van der Waals surface area contributed by atoms with Gasteiger partial charge in [-0.3, -0.25) is 4.79 Å². The van der Waals surface area contributed by atoms with Crippen molar-refractivity contribution in [3.05, 3.63) is 47.5 Å². The Hall–Kier alpha value is -2.51. The predicted octanol–water partition coefficient (Wildman–Crippen LogP) is 3.49. The fourth-order valence-corrected chi connectivity index (χ4v) is 1.95. The van der Waals surface area contributed by atoms with Crippen molar-refractivity contribution >= 4 is 11.7 Å². The van der Waals surface area contributed by atoms with Crippen LogP contribution < -0.4 is 10.6 Å². The second kappa shape index (κ2) is 7.85. The standard InChI is InChI=1S/C16H18F3N3O2/c1-2-12-5-6-13(24-12)15(23)21-9-3-8-20-14-7-4-11(10-22-14)16(17,18)19/h4-7,10H,2-3,8-9H2,1H3,(H,20,22)(H,21,23). The molecule has 0 saturated heterocycles. The lowest BCUT2D eigenvalue weighted by Crippen LogP contribution is -2.25. The predicted molar refractivity (Wildman–Crippen MR) is 82.8 cm³/mol. The van der Waals surface area contributed by atoms with Gasteiger partial charge in [0.05, 0.1) is 5.56 Å². The first-order chi connectivity index (χ1) is 11.4. The fraction of sp³-hybridized carbons (Fsp3) is 0.375. The molecule has 130 valence electrons. The highest BCUT2D eigenvalue weighted by Gasteiger charge is 2.30. The number of amides is 1. The van der Waals surface area contributed by atoms with Crippen molar-refractivity contribution in [2.24, 2.45) is 0 Å². The summed E-state index contributed by atoms with van der Waals surface area (Å²) in [5, 5.41) is 5.61. The van der Waals surface area contributed by atoms with E-state index in [0.717, 1.165) is 24.4 Å². The fourth-order valence-electron chi connectivity index (χ4n) is 1.95. The maximum absolute atomic E-state index is 12.4. The lowest BCUT2D eigenvalue weighted by molar-refractivity contribution is -0.137. The van der Waals surface area contributed by atoms with E-state index < -0.39 is 11.7 Å². The average Bonchev–Trinajstić information content (AvgIpc) is 3.03. The van der Waals surface area contributed by atoms with E-state index in [4.69, 9.17) is 4.42 Å². The highest BCUT2D eigenvalue weighted by Crippen LogP contribution is 2.28. The molecule has 2 N–H and O–H groups in total. The number of pyridine rings is 1. The second-order valence-corrected chi connectivity index (χ2v) is 5.09. The molecule has 8 heteroatoms. The Kier molecular flexibility index (Phi) is 5.83. The van der Waals surface area contributed by atoms with Gasteiger partial charge in [0.2, 0.25) is 0 Å². The molecule has 0 aliphatic carbocycles. The topological polar surface area (TPSA) is 67.2 Å². The van der Waals surface area contributed by atoms with Crippen LogP contribution in [0.25, 0.3) is 0 Å². The minimum absolute atomic E-state index is 0.268. The van der Waals surface area contributed by atoms with Crippen LogP contribution in [-0.2, 0) is 12.6 Å². The van der Waals surface area contributed by atoms with E-state index in [0.29, 0.717) is 25.3 Å². The van der Waals surface area contributed by atoms with E-state index in [9.17, 15) is 18.0 Å². The van der Waals surface area contributed by atoms with Crippen LogP contribution in [-0.4, -0.2) is 24.0 Å². The highest BCUT2D eigenvalue weighted by molar-refractivity contribution is 5.91. The van der Waals surface area contributed by atoms with Gasteiger partial charge in [0.1, 0.15) is 11.6 Å². The van der Waals surface area contributed by atoms with Crippen molar-refractivity contribution in [2.75, 3.05) is 18.4 Å². The number of carbonyl (C=O) groups is 1. The number of aryl methyl sites for hydroxylation is 1. The molecule has 5 nitrogen and oxygen atoms in total. The summed E-state index contributed by atoms with van der Waals surface area (Å²) >= 11 is 0. The zero-order chi connectivity index (χ0) is 17.6. The first-order valence-corrected chi connectivity index (χ1v) is 7.54. The Bertz CT molecular complexity index is 666. The number of nitrogens with one attached hydrogen (secondary N) is 2. The molecule has 1 amide bonds. The first-order valence-electron chi connectivity index (χ1n) is 7.54. The molecule has 0 unspecified atom stereocenters. The number of carbonyl (C=O) groups excluding carboxylic acids is 1. The molecule has 24 heavy (non-hydrogen) atoms. The van der Waals surface area contributed by atoms with Crippen molar-refractivity contribution in [3.8, 4) is 0 Å². The summed E-state index contributed by atoms with van der Waals surface area (Å²) in [5.74, 6) is 1.08. The third kappa shape index (κ3) is 5.00. The van der Waals surface area contributed by atoms with Gasteiger partial charge in [0, 0.05) is 25.7 Å². The van der Waals surface area contributed by atoms with Crippen molar-refractivity contribution < 1.29 is 22.4 Å². The van der Waals surface area contributed by atoms with Crippen LogP contribution in [0.4, 0.5) is 19.0 Å². The van der Waals surface area contributed by atoms with Crippen molar-refractivity contribution in [3.63, 3.8) is 0 Å². The van der Waals surface area contributed by atoms with Crippen LogP contribution >= 0.6 is 0 Å². The second-order valence-electron chi connectivity index (χ2n) is 5.09. The molecule has 0 bridgehead atoms. The molecule has 0 aliphatic rings. The van der Waals surface area contributed by atoms with Crippen LogP contribution in [0.5, 0.6) is 0 Å². The molecule has 0 saturated carbocycles. The lowest BCUT2D eigenvalue weighted by Gasteiger charge is -2.09. The Balaban J connectivity index is 1.68. The van der Waals surface area contributed by atoms with Gasteiger partial charge in [-0.2, -0.15) is 13.2 Å². The molecule has 0 aliphatic heterocycles. The Morgan fingerprint density at radius 1 is 1.21 bits per heavy atom. The molecule has 2 aromatic rings. The largest absolute Gasteiger partial charge is 0.456 e. The van der Waals surface area contributed by atoms with E-state index in [1.54, 1.807) is 12.1 Å². The number of alkyl halides is 3. The van der Waals surface area contributed by atoms with Crippen molar-refractivity contribution in [1.82, 2.24) is 10.3 Å². The van der Waals surface area contributed by atoms with E-state index in [1.165, 1.54) is 6.07 Å². The number of rotatable bonds is 7. The van der Waals surface area contributed by atoms with Crippen molar-refractivity contribution in [1.29, 1.82) is 0 Å². The zero-order valence-electron chi connectivity index (χ0n) is 13.1. The number of anilines is 1. The van der Waals surface area contributed by atoms with Gasteiger partial charge in [-0.15, -0.1) is 0 Å². The SMILES string of the molecule is CCc1ccc(C(=O)NCCCNc2ccc(C(F)(F)F)cn2)o1. The summed E-state index contributed by atoms with van der Waals surface area (Å²) in [6.45, 7) is 2.81. The minimum atomic E-state index is -4.39. The van der Waals surface area contributed by atoms with Gasteiger partial charge in [-0.05, 0) is 30.7 Å². The Morgan fingerprint density at radius 2 is 2.00 bits per heavy atom. The van der Waals surface area contributed by atoms with Crippen LogP contribution in [0, 0.1) is 0 Å². The number of furan rings is 1. The molecule has 2 aromatic heterocycles. The average molecular weight is 341 g/mol. The van der Waals surface area contributed by atoms with Gasteiger partial charge in [0.15, 0.2) is 5.76 Å². The third-order valence-corrected chi connectivity index (χ3v) is 3.27. The maximum atomic E-state index is 12.4. The molecule has 0 aromatic carbocycles. The quantitative estimate of drug-likeness (QED) is 0.757. The van der Waals surface area contributed by atoms with Gasteiger partial charge in [-0.25, -0.2) is 4.98 Å². The van der Waals surface area contributed by atoms with E-state index in [2.05, 4.69) is 15.6 Å². The molecular formula is C16H18F3N3O2. The van der Waals surface area contributed by atoms with Crippen LogP contribution in [0.15, 0.2) is 34.9 Å². The molecule has 0 radical (unpaired) electrons. The van der Waals surface area contributed by atoms with Gasteiger partial charge < -0.3 is 15.1 Å². The summed E-state index contributed by atoms with van der Waals surface area (Å²) in [6.07, 6.45) is -2.29. The zero-order valence-corrected chi connectivity index (χ0v) is 13.1. The smallest absolute Gasteiger partial charge is 0.417 e. The van der Waals surface area contributed by atoms with Gasteiger partial charge in [-0.1, -0.05) is 6.92 Å². The minimum Gasteiger partial charge on any atom is -0.456 e. The van der Waals surface area contributed by atoms with E-state index >= 15 is 0 Å². The highest BCUT2D eigenvalue weighted by atomic mass is 19.4. The number of nitrogens with zero attached hydrogens (tertiary/aromatic N) is 1.